The summed E-state index contributed by atoms with van der Waals surface area (Å²) in [6.45, 7) is 2.61. The summed E-state index contributed by atoms with van der Waals surface area (Å²) in [4.78, 5) is 10.4. The minimum Gasteiger partial charge on any atom is -0.491 e. The molecule has 2 aliphatic rings. The summed E-state index contributed by atoms with van der Waals surface area (Å²) in [5.74, 6) is 1.49. The van der Waals surface area contributed by atoms with Crippen LogP contribution in [0.4, 0.5) is 0 Å². The monoisotopic (exact) mass is 390 g/mol. The van der Waals surface area contributed by atoms with Gasteiger partial charge in [0.1, 0.15) is 36.9 Å². The molecule has 4 rings (SSSR count). The van der Waals surface area contributed by atoms with Crippen LogP contribution in [0.25, 0.3) is 0 Å². The normalized spacial score (nSPS) is 22.7. The maximum absolute atomic E-state index is 12.6. The van der Waals surface area contributed by atoms with Crippen molar-refractivity contribution in [3.8, 4) is 11.5 Å². The van der Waals surface area contributed by atoms with Crippen molar-refractivity contribution in [3.63, 3.8) is 0 Å². The second-order valence-electron chi connectivity index (χ2n) is 6.98. The quantitative estimate of drug-likeness (QED) is 0.496. The molecular formula is C20H23O6P. The Labute approximate surface area is 158 Å². The van der Waals surface area contributed by atoms with Crippen molar-refractivity contribution in [2.45, 2.75) is 24.5 Å². The van der Waals surface area contributed by atoms with Gasteiger partial charge in [0.15, 0.2) is 0 Å². The van der Waals surface area contributed by atoms with Gasteiger partial charge in [-0.3, -0.25) is 4.57 Å². The molecule has 2 heterocycles. The number of hydrogen-bond acceptors (Lipinski definition) is 5. The Morgan fingerprint density at radius 1 is 0.815 bits per heavy atom. The average Bonchev–Trinajstić information content (AvgIpc) is 3.55. The van der Waals surface area contributed by atoms with Crippen molar-refractivity contribution in [1.82, 2.24) is 0 Å². The van der Waals surface area contributed by atoms with Crippen LogP contribution in [0.5, 0.6) is 11.5 Å². The van der Waals surface area contributed by atoms with Crippen LogP contribution < -0.4 is 9.47 Å². The molecule has 2 aliphatic heterocycles. The Kier molecular flexibility index (Phi) is 5.50. The molecule has 0 saturated carbocycles. The van der Waals surface area contributed by atoms with Crippen LogP contribution in [0, 0.1) is 0 Å². The lowest BCUT2D eigenvalue weighted by Crippen LogP contribution is -2.04. The first-order valence-electron chi connectivity index (χ1n) is 9.03. The summed E-state index contributed by atoms with van der Waals surface area (Å²) in [6, 6.07) is 14.7. The first-order chi connectivity index (χ1) is 13.1. The fourth-order valence-electron chi connectivity index (χ4n) is 2.72. The molecule has 0 aromatic heterocycles. The Morgan fingerprint density at radius 3 is 1.52 bits per heavy atom. The van der Waals surface area contributed by atoms with Crippen LogP contribution in [0.1, 0.15) is 11.1 Å². The van der Waals surface area contributed by atoms with Crippen LogP contribution in [0.3, 0.4) is 0 Å². The molecule has 0 amide bonds. The minimum absolute atomic E-state index is 0.135. The average molecular weight is 390 g/mol. The Bertz CT molecular complexity index is 731. The largest absolute Gasteiger partial charge is 0.491 e. The number of ether oxygens (including phenoxy) is 4. The van der Waals surface area contributed by atoms with E-state index in [1.54, 1.807) is 0 Å². The third-order valence-electron chi connectivity index (χ3n) is 4.38. The van der Waals surface area contributed by atoms with E-state index in [0.29, 0.717) is 13.2 Å². The molecule has 2 aromatic carbocycles. The van der Waals surface area contributed by atoms with Crippen LogP contribution in [0.15, 0.2) is 48.5 Å². The van der Waals surface area contributed by atoms with Gasteiger partial charge in [0.25, 0.3) is 0 Å². The molecule has 2 atom stereocenters. The predicted molar refractivity (Wildman–Crippen MR) is 101 cm³/mol. The van der Waals surface area contributed by atoms with E-state index in [0.717, 1.165) is 35.8 Å². The van der Waals surface area contributed by atoms with Crippen molar-refractivity contribution in [2.24, 2.45) is 0 Å². The van der Waals surface area contributed by atoms with Gasteiger partial charge in [0.2, 0.25) is 7.37 Å². The topological polar surface area (TPSA) is 80.8 Å². The third kappa shape index (κ3) is 6.08. The molecule has 2 saturated heterocycles. The fraction of sp³-hybridized carbons (Fsp3) is 0.400. The van der Waals surface area contributed by atoms with Gasteiger partial charge in [-0.1, -0.05) is 24.3 Å². The molecule has 2 unspecified atom stereocenters. The van der Waals surface area contributed by atoms with Crippen molar-refractivity contribution in [3.05, 3.63) is 59.7 Å². The van der Waals surface area contributed by atoms with Gasteiger partial charge in [-0.05, 0) is 35.4 Å². The van der Waals surface area contributed by atoms with E-state index in [1.807, 2.05) is 48.5 Å². The molecule has 2 aromatic rings. The van der Waals surface area contributed by atoms with Crippen LogP contribution in [-0.2, 0) is 26.4 Å². The summed E-state index contributed by atoms with van der Waals surface area (Å²) in [6.07, 6.45) is 0.689. The SMILES string of the molecule is O=P(O)(Cc1ccc(OCC2CO2)cc1)Cc1ccc(OCC2CO2)cc1. The highest BCUT2D eigenvalue weighted by molar-refractivity contribution is 7.56. The van der Waals surface area contributed by atoms with E-state index in [-0.39, 0.29) is 24.5 Å². The highest BCUT2D eigenvalue weighted by Gasteiger charge is 2.24. The number of hydrogen-bond donors (Lipinski definition) is 1. The zero-order valence-corrected chi connectivity index (χ0v) is 15.8. The Morgan fingerprint density at radius 2 is 1.19 bits per heavy atom. The molecule has 0 aliphatic carbocycles. The number of benzene rings is 2. The van der Waals surface area contributed by atoms with E-state index in [9.17, 15) is 9.46 Å². The van der Waals surface area contributed by atoms with Crippen LogP contribution >= 0.6 is 7.37 Å². The molecule has 0 bridgehead atoms. The van der Waals surface area contributed by atoms with Crippen molar-refractivity contribution < 1.29 is 28.4 Å². The van der Waals surface area contributed by atoms with Crippen molar-refractivity contribution >= 4 is 7.37 Å². The molecule has 1 N–H and O–H groups in total. The molecule has 0 radical (unpaired) electrons. The lowest BCUT2D eigenvalue weighted by Gasteiger charge is -2.13. The highest BCUT2D eigenvalue weighted by Crippen LogP contribution is 2.48. The molecule has 2 fully saturated rings. The number of rotatable bonds is 10. The lowest BCUT2D eigenvalue weighted by atomic mass is 10.2. The molecule has 0 spiro atoms. The Balaban J connectivity index is 1.28. The molecule has 6 nitrogen and oxygen atoms in total. The highest BCUT2D eigenvalue weighted by atomic mass is 31.2. The summed E-state index contributed by atoms with van der Waals surface area (Å²) in [5, 5.41) is 0. The van der Waals surface area contributed by atoms with Crippen molar-refractivity contribution in [1.29, 1.82) is 0 Å². The summed E-state index contributed by atoms with van der Waals surface area (Å²) >= 11 is 0. The number of epoxide rings is 2. The first-order valence-corrected chi connectivity index (χ1v) is 11.1. The molecule has 27 heavy (non-hydrogen) atoms. The van der Waals surface area contributed by atoms with E-state index < -0.39 is 7.37 Å². The van der Waals surface area contributed by atoms with E-state index in [4.69, 9.17) is 18.9 Å². The van der Waals surface area contributed by atoms with Gasteiger partial charge in [0.05, 0.1) is 13.2 Å². The van der Waals surface area contributed by atoms with Gasteiger partial charge < -0.3 is 23.8 Å². The fourth-order valence-corrected chi connectivity index (χ4v) is 4.39. The van der Waals surface area contributed by atoms with Crippen LogP contribution in [0.2, 0.25) is 0 Å². The maximum Gasteiger partial charge on any atom is 0.209 e. The van der Waals surface area contributed by atoms with E-state index in [2.05, 4.69) is 0 Å². The summed E-state index contributed by atoms with van der Waals surface area (Å²) in [5.41, 5.74) is 1.64. The zero-order valence-electron chi connectivity index (χ0n) is 15.0. The predicted octanol–water partition coefficient (Wildman–Crippen LogP) is 3.21. The third-order valence-corrected chi connectivity index (χ3v) is 6.10. The minimum atomic E-state index is -3.33. The maximum atomic E-state index is 12.6. The summed E-state index contributed by atoms with van der Waals surface area (Å²) in [7, 11) is -3.33. The molecule has 7 heteroatoms. The standard InChI is InChI=1S/C20H23O6P/c21-27(22,13-15-1-5-17(6-2-15)23-9-19-11-25-19)14-16-3-7-18(8-4-16)24-10-20-12-26-20/h1-8,19-20H,9-14H2,(H,21,22). The summed E-state index contributed by atoms with van der Waals surface area (Å²) < 4.78 is 34.0. The lowest BCUT2D eigenvalue weighted by molar-refractivity contribution is 0.263. The van der Waals surface area contributed by atoms with E-state index in [1.165, 1.54) is 0 Å². The second kappa shape index (κ2) is 8.03. The smallest absolute Gasteiger partial charge is 0.209 e. The van der Waals surface area contributed by atoms with Gasteiger partial charge in [-0.2, -0.15) is 0 Å². The van der Waals surface area contributed by atoms with Crippen LogP contribution in [-0.4, -0.2) is 43.5 Å². The molecular weight excluding hydrogens is 367 g/mol. The first kappa shape index (κ1) is 18.5. The van der Waals surface area contributed by atoms with Gasteiger partial charge >= 0.3 is 0 Å². The molecule has 144 valence electrons. The van der Waals surface area contributed by atoms with E-state index >= 15 is 0 Å². The van der Waals surface area contributed by atoms with Gasteiger partial charge in [-0.25, -0.2) is 0 Å². The van der Waals surface area contributed by atoms with Gasteiger partial charge in [0, 0.05) is 12.3 Å². The second-order valence-corrected chi connectivity index (χ2v) is 9.31. The van der Waals surface area contributed by atoms with Gasteiger partial charge in [-0.15, -0.1) is 0 Å². The van der Waals surface area contributed by atoms with Crippen molar-refractivity contribution in [2.75, 3.05) is 26.4 Å². The zero-order chi connectivity index (χ0) is 18.7. The Hall–Kier alpha value is -1.85.